The van der Waals surface area contributed by atoms with Crippen molar-refractivity contribution in [1.29, 1.82) is 0 Å². The molecule has 2 aliphatic heterocycles. The average molecular weight is 414 g/mol. The lowest BCUT2D eigenvalue weighted by Gasteiger charge is -2.36. The summed E-state index contributed by atoms with van der Waals surface area (Å²) in [6, 6.07) is 11.3. The fourth-order valence-electron chi connectivity index (χ4n) is 4.62. The van der Waals surface area contributed by atoms with Gasteiger partial charge in [-0.05, 0) is 50.6 Å². The van der Waals surface area contributed by atoms with E-state index >= 15 is 0 Å². The van der Waals surface area contributed by atoms with E-state index in [1.807, 2.05) is 0 Å². The summed E-state index contributed by atoms with van der Waals surface area (Å²) in [5.41, 5.74) is 1.39. The molecule has 0 radical (unpaired) electrons. The molecule has 166 valence electrons. The molecule has 1 amide bonds. The van der Waals surface area contributed by atoms with Gasteiger partial charge in [0.15, 0.2) is 5.96 Å². The van der Waals surface area contributed by atoms with Crippen LogP contribution in [0.1, 0.15) is 51.0 Å². The summed E-state index contributed by atoms with van der Waals surface area (Å²) in [7, 11) is 1.72. The van der Waals surface area contributed by atoms with E-state index in [0.29, 0.717) is 18.4 Å². The van der Waals surface area contributed by atoms with Gasteiger partial charge in [-0.2, -0.15) is 0 Å². The molecule has 2 heterocycles. The van der Waals surface area contributed by atoms with Gasteiger partial charge in [-0.25, -0.2) is 0 Å². The van der Waals surface area contributed by atoms with E-state index in [9.17, 15) is 4.79 Å². The Morgan fingerprint density at radius 2 is 1.87 bits per heavy atom. The van der Waals surface area contributed by atoms with Crippen molar-refractivity contribution in [1.82, 2.24) is 20.4 Å². The molecule has 6 heteroatoms. The van der Waals surface area contributed by atoms with Crippen LogP contribution in [0.4, 0.5) is 0 Å². The Morgan fingerprint density at radius 1 is 1.10 bits per heavy atom. The van der Waals surface area contributed by atoms with E-state index in [1.165, 1.54) is 24.8 Å². The van der Waals surface area contributed by atoms with Gasteiger partial charge in [0.2, 0.25) is 5.91 Å². The molecule has 0 spiro atoms. The van der Waals surface area contributed by atoms with E-state index in [-0.39, 0.29) is 5.91 Å². The van der Waals surface area contributed by atoms with Crippen molar-refractivity contribution >= 4 is 11.9 Å². The Balaban J connectivity index is 1.57. The number of hydrogen-bond acceptors (Lipinski definition) is 3. The highest BCUT2D eigenvalue weighted by molar-refractivity contribution is 5.80. The fraction of sp³-hybridized carbons (Fsp3) is 0.667. The van der Waals surface area contributed by atoms with Crippen molar-refractivity contribution in [2.24, 2.45) is 10.9 Å². The van der Waals surface area contributed by atoms with Crippen LogP contribution in [-0.2, 0) is 11.3 Å². The van der Waals surface area contributed by atoms with Crippen molar-refractivity contribution in [2.75, 3.05) is 39.8 Å². The third kappa shape index (κ3) is 6.73. The quantitative estimate of drug-likeness (QED) is 0.533. The molecule has 1 aromatic rings. The third-order valence-electron chi connectivity index (χ3n) is 6.43. The Hall–Kier alpha value is -2.08. The molecule has 0 aromatic heterocycles. The molecule has 1 unspecified atom stereocenters. The molecule has 2 N–H and O–H groups in total. The number of carbonyl (C=O) groups excluding carboxylic acids is 1. The van der Waals surface area contributed by atoms with Crippen LogP contribution in [0, 0.1) is 5.92 Å². The van der Waals surface area contributed by atoms with E-state index < -0.39 is 0 Å². The summed E-state index contributed by atoms with van der Waals surface area (Å²) < 4.78 is 0. The zero-order chi connectivity index (χ0) is 21.2. The van der Waals surface area contributed by atoms with Gasteiger partial charge in [-0.15, -0.1) is 0 Å². The zero-order valence-corrected chi connectivity index (χ0v) is 18.8. The lowest BCUT2D eigenvalue weighted by molar-refractivity contribution is -0.121. The van der Waals surface area contributed by atoms with E-state index in [2.05, 4.69) is 57.7 Å². The van der Waals surface area contributed by atoms with Crippen LogP contribution >= 0.6 is 0 Å². The smallest absolute Gasteiger partial charge is 0.220 e. The maximum absolute atomic E-state index is 11.7. The van der Waals surface area contributed by atoms with Crippen molar-refractivity contribution < 1.29 is 4.79 Å². The van der Waals surface area contributed by atoms with Crippen LogP contribution in [0.25, 0.3) is 0 Å². The summed E-state index contributed by atoms with van der Waals surface area (Å²) in [5.74, 6) is 1.69. The monoisotopic (exact) mass is 413 g/mol. The molecule has 0 aliphatic carbocycles. The van der Waals surface area contributed by atoms with Crippen molar-refractivity contribution in [3.8, 4) is 0 Å². The molecule has 2 saturated heterocycles. The van der Waals surface area contributed by atoms with Gasteiger partial charge in [0, 0.05) is 45.7 Å². The summed E-state index contributed by atoms with van der Waals surface area (Å²) in [6.45, 7) is 8.01. The van der Waals surface area contributed by atoms with Gasteiger partial charge in [0.05, 0.1) is 6.54 Å². The van der Waals surface area contributed by atoms with Gasteiger partial charge >= 0.3 is 0 Å². The molecule has 6 nitrogen and oxygen atoms in total. The molecule has 30 heavy (non-hydrogen) atoms. The second kappa shape index (κ2) is 11.9. The van der Waals surface area contributed by atoms with Gasteiger partial charge in [0.25, 0.3) is 0 Å². The first-order valence-electron chi connectivity index (χ1n) is 11.7. The highest BCUT2D eigenvalue weighted by atomic mass is 16.1. The van der Waals surface area contributed by atoms with Gasteiger partial charge < -0.3 is 15.5 Å². The second-order valence-corrected chi connectivity index (χ2v) is 8.61. The molecule has 2 aliphatic rings. The van der Waals surface area contributed by atoms with Crippen LogP contribution in [0.2, 0.25) is 0 Å². The van der Waals surface area contributed by atoms with Crippen molar-refractivity contribution in [3.63, 3.8) is 0 Å². The first-order chi connectivity index (χ1) is 14.7. The molecule has 3 rings (SSSR count). The van der Waals surface area contributed by atoms with Gasteiger partial charge in [-0.3, -0.25) is 14.7 Å². The minimum atomic E-state index is 0.157. The number of nitrogens with one attached hydrogen (secondary N) is 2. The van der Waals surface area contributed by atoms with Crippen LogP contribution < -0.4 is 10.6 Å². The first kappa shape index (κ1) is 22.6. The molecule has 1 aromatic carbocycles. The van der Waals surface area contributed by atoms with Crippen molar-refractivity contribution in [2.45, 2.75) is 58.0 Å². The molecule has 0 saturated carbocycles. The molecular weight excluding hydrogens is 374 g/mol. The van der Waals surface area contributed by atoms with Gasteiger partial charge in [-0.1, -0.05) is 36.8 Å². The van der Waals surface area contributed by atoms with Crippen LogP contribution in [0.15, 0.2) is 35.3 Å². The summed E-state index contributed by atoms with van der Waals surface area (Å²) in [6.07, 6.45) is 6.57. The first-order valence-corrected chi connectivity index (χ1v) is 11.7. The maximum Gasteiger partial charge on any atom is 0.220 e. The standard InChI is InChI=1S/C24H39N5O/c1-3-26-24(28-15-12-20(13-16-28)17-23(30)25-2)27-18-22-11-7-8-14-29(22)19-21-9-5-4-6-10-21/h4-6,9-10,20,22H,3,7-8,11-19H2,1-2H3,(H,25,30)(H,26,27). The largest absolute Gasteiger partial charge is 0.359 e. The Labute approximate surface area is 182 Å². The Morgan fingerprint density at radius 3 is 2.57 bits per heavy atom. The minimum absolute atomic E-state index is 0.157. The second-order valence-electron chi connectivity index (χ2n) is 8.61. The molecule has 2 fully saturated rings. The predicted octanol–water partition coefficient (Wildman–Crippen LogP) is 2.85. The molecule has 1 atom stereocenters. The van der Waals surface area contributed by atoms with E-state index in [1.54, 1.807) is 7.05 Å². The minimum Gasteiger partial charge on any atom is -0.359 e. The number of carbonyl (C=O) groups is 1. The number of piperidine rings is 2. The summed E-state index contributed by atoms with van der Waals surface area (Å²) >= 11 is 0. The fourth-order valence-corrected chi connectivity index (χ4v) is 4.62. The zero-order valence-electron chi connectivity index (χ0n) is 18.8. The highest BCUT2D eigenvalue weighted by Crippen LogP contribution is 2.22. The lowest BCUT2D eigenvalue weighted by atomic mass is 9.93. The predicted molar refractivity (Wildman–Crippen MR) is 123 cm³/mol. The summed E-state index contributed by atoms with van der Waals surface area (Å²) in [5, 5.41) is 6.25. The number of aliphatic imine (C=N–C) groups is 1. The topological polar surface area (TPSA) is 60.0 Å². The van der Waals surface area contributed by atoms with E-state index in [4.69, 9.17) is 4.99 Å². The number of guanidine groups is 1. The SMILES string of the molecule is CCNC(=NCC1CCCCN1Cc1ccccc1)N1CCC(CC(=O)NC)CC1. The van der Waals surface area contributed by atoms with Gasteiger partial charge in [0.1, 0.15) is 0 Å². The molecular formula is C24H39N5O. The van der Waals surface area contributed by atoms with Crippen molar-refractivity contribution in [3.05, 3.63) is 35.9 Å². The van der Waals surface area contributed by atoms with Crippen LogP contribution in [0.5, 0.6) is 0 Å². The average Bonchev–Trinajstić information content (AvgIpc) is 2.79. The third-order valence-corrected chi connectivity index (χ3v) is 6.43. The normalized spacial score (nSPS) is 21.5. The van der Waals surface area contributed by atoms with Crippen LogP contribution in [-0.4, -0.2) is 67.5 Å². The number of rotatable bonds is 7. The number of hydrogen-bond donors (Lipinski definition) is 2. The molecule has 0 bridgehead atoms. The van der Waals surface area contributed by atoms with E-state index in [0.717, 1.165) is 58.1 Å². The number of amides is 1. The highest BCUT2D eigenvalue weighted by Gasteiger charge is 2.25. The number of likely N-dealkylation sites (tertiary alicyclic amines) is 2. The lowest BCUT2D eigenvalue weighted by Crippen LogP contribution is -2.47. The number of benzene rings is 1. The Kier molecular flexibility index (Phi) is 9.00. The number of nitrogens with zero attached hydrogens (tertiary/aromatic N) is 3. The Bertz CT molecular complexity index is 669. The van der Waals surface area contributed by atoms with Crippen LogP contribution in [0.3, 0.4) is 0 Å². The summed E-state index contributed by atoms with van der Waals surface area (Å²) in [4.78, 5) is 21.7. The maximum atomic E-state index is 11.7.